The number of nitrogens with one attached hydrogen (secondary N) is 1. The van der Waals surface area contributed by atoms with Crippen LogP contribution in [-0.4, -0.2) is 66.0 Å². The molecule has 8 heteroatoms. The molecule has 6 rings (SSSR count). The van der Waals surface area contributed by atoms with Crippen LogP contribution in [0.5, 0.6) is 5.75 Å². The molecule has 1 fully saturated rings. The van der Waals surface area contributed by atoms with Gasteiger partial charge in [0.05, 0.1) is 23.8 Å². The Balaban J connectivity index is 0.000000176. The first-order chi connectivity index (χ1) is 20.6. The SMILES string of the molecule is CC(C)(C)CN1Cc2c(cc(Cl)c3[nH]ncc23)C[C@@H](CC=O)C1=O.COc1cc2ccccc2cc1C1CCN(C)CC1. The highest BCUT2D eigenvalue weighted by molar-refractivity contribution is 6.35. The maximum atomic E-state index is 13.0. The molecule has 1 atom stereocenters. The minimum Gasteiger partial charge on any atom is -0.496 e. The van der Waals surface area contributed by atoms with Crippen LogP contribution in [0, 0.1) is 11.3 Å². The van der Waals surface area contributed by atoms with E-state index in [-0.39, 0.29) is 23.7 Å². The zero-order chi connectivity index (χ0) is 30.7. The Morgan fingerprint density at radius 3 is 2.47 bits per heavy atom. The van der Waals surface area contributed by atoms with E-state index in [9.17, 15) is 9.59 Å². The van der Waals surface area contributed by atoms with E-state index in [4.69, 9.17) is 16.3 Å². The van der Waals surface area contributed by atoms with Gasteiger partial charge in [-0.05, 0) is 96.4 Å². The Hall–Kier alpha value is -3.42. The van der Waals surface area contributed by atoms with Gasteiger partial charge in [0, 0.05) is 30.8 Å². The van der Waals surface area contributed by atoms with Gasteiger partial charge in [0.1, 0.15) is 12.0 Å². The highest BCUT2D eigenvalue weighted by Crippen LogP contribution is 2.37. The molecule has 43 heavy (non-hydrogen) atoms. The first-order valence-electron chi connectivity index (χ1n) is 15.2. The maximum absolute atomic E-state index is 13.0. The zero-order valence-electron chi connectivity index (χ0n) is 26.0. The number of aldehydes is 1. The number of piperidine rings is 1. The van der Waals surface area contributed by atoms with Gasteiger partial charge >= 0.3 is 0 Å². The molecule has 0 radical (unpaired) electrons. The van der Waals surface area contributed by atoms with Crippen molar-refractivity contribution >= 4 is 45.5 Å². The molecule has 0 aliphatic carbocycles. The number of likely N-dealkylation sites (tertiary alicyclic amines) is 1. The molecular weight excluding hydrogens is 560 g/mol. The Bertz CT molecular complexity index is 1600. The van der Waals surface area contributed by atoms with E-state index in [2.05, 4.69) is 79.3 Å². The number of H-pyrrole nitrogens is 1. The van der Waals surface area contributed by atoms with Gasteiger partial charge in [-0.15, -0.1) is 0 Å². The lowest BCUT2D eigenvalue weighted by atomic mass is 9.87. The van der Waals surface area contributed by atoms with E-state index in [1.807, 2.05) is 11.0 Å². The quantitative estimate of drug-likeness (QED) is 0.249. The Labute approximate surface area is 259 Å². The predicted octanol–water partition coefficient (Wildman–Crippen LogP) is 7.01. The number of fused-ring (bicyclic) bond motifs is 4. The fraction of sp³-hybridized carbons (Fsp3) is 0.457. The Morgan fingerprint density at radius 1 is 1.12 bits per heavy atom. The summed E-state index contributed by atoms with van der Waals surface area (Å²) in [5.74, 6) is 1.40. The third-order valence-corrected chi connectivity index (χ3v) is 8.97. The second-order valence-corrected chi connectivity index (χ2v) is 13.6. The average Bonchev–Trinajstić information content (AvgIpc) is 3.44. The van der Waals surface area contributed by atoms with Crippen molar-refractivity contribution < 1.29 is 14.3 Å². The van der Waals surface area contributed by atoms with Crippen molar-refractivity contribution in [1.82, 2.24) is 20.0 Å². The number of benzene rings is 3. The summed E-state index contributed by atoms with van der Waals surface area (Å²) in [7, 11) is 3.98. The topological polar surface area (TPSA) is 78.5 Å². The number of aromatic nitrogens is 2. The van der Waals surface area contributed by atoms with Gasteiger partial charge in [0.15, 0.2) is 0 Å². The normalized spacial score (nSPS) is 18.2. The summed E-state index contributed by atoms with van der Waals surface area (Å²) >= 11 is 6.35. The lowest BCUT2D eigenvalue weighted by Gasteiger charge is -2.31. The van der Waals surface area contributed by atoms with E-state index in [0.29, 0.717) is 30.5 Å². The van der Waals surface area contributed by atoms with Crippen molar-refractivity contribution in [1.29, 1.82) is 0 Å². The van der Waals surface area contributed by atoms with Gasteiger partial charge in [-0.2, -0.15) is 5.10 Å². The van der Waals surface area contributed by atoms with Crippen molar-refractivity contribution in [2.45, 2.75) is 58.9 Å². The van der Waals surface area contributed by atoms with Crippen LogP contribution in [0.25, 0.3) is 21.7 Å². The molecule has 2 aliphatic rings. The number of hydrogen-bond donors (Lipinski definition) is 1. The second kappa shape index (κ2) is 13.1. The summed E-state index contributed by atoms with van der Waals surface area (Å²) in [6, 6.07) is 14.9. The molecule has 3 aromatic carbocycles. The highest BCUT2D eigenvalue weighted by Gasteiger charge is 2.33. The van der Waals surface area contributed by atoms with Crippen molar-refractivity contribution in [3.8, 4) is 5.75 Å². The van der Waals surface area contributed by atoms with Crippen LogP contribution in [0.2, 0.25) is 5.02 Å². The zero-order valence-corrected chi connectivity index (χ0v) is 26.7. The number of aromatic amines is 1. The minimum absolute atomic E-state index is 0.0200. The van der Waals surface area contributed by atoms with Crippen LogP contribution < -0.4 is 4.74 Å². The van der Waals surface area contributed by atoms with E-state index < -0.39 is 0 Å². The van der Waals surface area contributed by atoms with Gasteiger partial charge in [0.25, 0.3) is 0 Å². The molecule has 1 N–H and O–H groups in total. The molecule has 1 amide bonds. The molecule has 0 saturated carbocycles. The van der Waals surface area contributed by atoms with Gasteiger partial charge < -0.3 is 19.3 Å². The van der Waals surface area contributed by atoms with Gasteiger partial charge in [-0.3, -0.25) is 9.89 Å². The van der Waals surface area contributed by atoms with Crippen molar-refractivity contribution in [3.63, 3.8) is 0 Å². The van der Waals surface area contributed by atoms with Crippen molar-refractivity contribution in [2.75, 3.05) is 33.8 Å². The summed E-state index contributed by atoms with van der Waals surface area (Å²) in [5.41, 5.74) is 4.27. The molecule has 1 saturated heterocycles. The van der Waals surface area contributed by atoms with Crippen LogP contribution in [0.3, 0.4) is 0 Å². The van der Waals surface area contributed by atoms with Crippen LogP contribution in [0.15, 0.2) is 48.7 Å². The smallest absolute Gasteiger partial charge is 0.226 e. The van der Waals surface area contributed by atoms with Crippen LogP contribution in [-0.2, 0) is 22.6 Å². The predicted molar refractivity (Wildman–Crippen MR) is 174 cm³/mol. The van der Waals surface area contributed by atoms with Crippen LogP contribution >= 0.6 is 11.6 Å². The van der Waals surface area contributed by atoms with E-state index in [1.165, 1.54) is 42.3 Å². The maximum Gasteiger partial charge on any atom is 0.226 e. The third kappa shape index (κ3) is 7.05. The number of carbonyl (C=O) groups is 2. The number of halogens is 1. The first kappa shape index (κ1) is 31.0. The van der Waals surface area contributed by atoms with Gasteiger partial charge in [0.2, 0.25) is 5.91 Å². The Morgan fingerprint density at radius 2 is 1.81 bits per heavy atom. The molecule has 1 aromatic heterocycles. The van der Waals surface area contributed by atoms with E-state index in [0.717, 1.165) is 34.1 Å². The molecule has 3 heterocycles. The molecule has 7 nitrogen and oxygen atoms in total. The number of rotatable bonds is 5. The third-order valence-electron chi connectivity index (χ3n) is 8.67. The highest BCUT2D eigenvalue weighted by atomic mass is 35.5. The second-order valence-electron chi connectivity index (χ2n) is 13.2. The molecule has 228 valence electrons. The minimum atomic E-state index is -0.327. The Kier molecular flexibility index (Phi) is 9.42. The first-order valence-corrected chi connectivity index (χ1v) is 15.6. The summed E-state index contributed by atoms with van der Waals surface area (Å²) in [5, 5.41) is 11.2. The van der Waals surface area contributed by atoms with E-state index in [1.54, 1.807) is 13.3 Å². The van der Waals surface area contributed by atoms with Gasteiger partial charge in [-0.25, -0.2) is 0 Å². The molecule has 0 unspecified atom stereocenters. The lowest BCUT2D eigenvalue weighted by molar-refractivity contribution is -0.138. The molecule has 0 spiro atoms. The standard InChI is InChI=1S/C18H22ClN3O2.C17H21NO/c1-18(2,3)10-22-9-14-12(6-11(4-5-23)17(22)24)7-15(19)16-13(14)8-20-21-16;1-18-9-7-13(8-10-18)16-11-14-5-3-4-6-15(14)12-17(16)19-2/h5,7-8,11H,4,6,9-10H2,1-3H3,(H,20,21);3-6,11-13H,7-10H2,1-2H3/t11-;/m1./s1. The summed E-state index contributed by atoms with van der Waals surface area (Å²) in [6.45, 7) is 9.85. The van der Waals surface area contributed by atoms with Gasteiger partial charge in [-0.1, -0.05) is 56.6 Å². The lowest BCUT2D eigenvalue weighted by Crippen LogP contribution is -2.40. The number of amides is 1. The van der Waals surface area contributed by atoms with E-state index >= 15 is 0 Å². The largest absolute Gasteiger partial charge is 0.496 e. The van der Waals surface area contributed by atoms with Crippen LogP contribution in [0.4, 0.5) is 0 Å². The fourth-order valence-electron chi connectivity index (χ4n) is 6.49. The molecule has 0 bridgehead atoms. The number of methoxy groups -OCH3 is 1. The number of hydrogen-bond acceptors (Lipinski definition) is 5. The number of carbonyl (C=O) groups excluding carboxylic acids is 2. The molecule has 4 aromatic rings. The van der Waals surface area contributed by atoms with Crippen LogP contribution in [0.1, 0.15) is 62.6 Å². The fourth-order valence-corrected chi connectivity index (χ4v) is 6.77. The monoisotopic (exact) mass is 602 g/mol. The molecular formula is C35H43ClN4O3. The summed E-state index contributed by atoms with van der Waals surface area (Å²) in [4.78, 5) is 28.3. The number of nitrogens with zero attached hydrogens (tertiary/aromatic N) is 3. The summed E-state index contributed by atoms with van der Waals surface area (Å²) < 4.78 is 5.62. The number of ether oxygens (including phenoxy) is 1. The summed E-state index contributed by atoms with van der Waals surface area (Å²) in [6.07, 6.45) is 5.82. The average molecular weight is 603 g/mol. The molecule has 2 aliphatic heterocycles. The van der Waals surface area contributed by atoms with Crippen molar-refractivity contribution in [2.24, 2.45) is 11.3 Å². The van der Waals surface area contributed by atoms with Crippen molar-refractivity contribution in [3.05, 3.63) is 70.4 Å².